The third-order valence-electron chi connectivity index (χ3n) is 5.90. The van der Waals surface area contributed by atoms with Crippen LogP contribution in [0, 0.1) is 23.2 Å². The second-order valence-electron chi connectivity index (χ2n) is 9.71. The molecule has 2 heterocycles. The van der Waals surface area contributed by atoms with Crippen molar-refractivity contribution in [3.8, 4) is 17.9 Å². The van der Waals surface area contributed by atoms with Crippen LogP contribution in [0.25, 0.3) is 10.9 Å². The van der Waals surface area contributed by atoms with Gasteiger partial charge in [0.1, 0.15) is 6.54 Å². The van der Waals surface area contributed by atoms with Crippen molar-refractivity contribution in [2.24, 2.45) is 0 Å². The van der Waals surface area contributed by atoms with Gasteiger partial charge in [0.25, 0.3) is 0 Å². The number of halogens is 3. The van der Waals surface area contributed by atoms with Crippen molar-refractivity contribution < 1.29 is 13.2 Å². The van der Waals surface area contributed by atoms with Crippen LogP contribution in [0.2, 0.25) is 0 Å². The molecule has 1 N–H and O–H groups in total. The Labute approximate surface area is 210 Å². The number of aromatic nitrogens is 2. The Morgan fingerprint density at radius 1 is 1.08 bits per heavy atom. The van der Waals surface area contributed by atoms with Gasteiger partial charge in [-0.3, -0.25) is 4.98 Å². The highest BCUT2D eigenvalue weighted by molar-refractivity contribution is 5.83. The third kappa shape index (κ3) is 7.50. The average Bonchev–Trinajstić information content (AvgIpc) is 3.14. The summed E-state index contributed by atoms with van der Waals surface area (Å²) in [7, 11) is 4.08. The minimum atomic E-state index is -4.35. The fraction of sp³-hybridized carbons (Fsp3) is 0.429. The Bertz CT molecular complexity index is 1270. The van der Waals surface area contributed by atoms with Gasteiger partial charge in [-0.1, -0.05) is 12.0 Å². The highest BCUT2D eigenvalue weighted by atomic mass is 19.4. The van der Waals surface area contributed by atoms with Crippen LogP contribution in [0.3, 0.4) is 0 Å². The monoisotopic (exact) mass is 495 g/mol. The standard InChI is InChI=1S/C28H32F3N5/c1-27(2,19-32)26-13-11-23(18-34-26)33-14-7-9-24-17-22-16-21(8-5-6-15-35(3)4)10-12-25(22)36(24)20-28(29,30)31/h10-13,16-18,33H,5-6,8,14-15,20H2,1-4H3. The number of unbranched alkanes of at least 4 members (excludes halogenated alkanes) is 1. The molecular weight excluding hydrogens is 463 g/mol. The predicted octanol–water partition coefficient (Wildman–Crippen LogP) is 5.75. The first kappa shape index (κ1) is 27.1. The maximum atomic E-state index is 13.3. The van der Waals surface area contributed by atoms with Crippen LogP contribution in [-0.2, 0) is 18.4 Å². The first-order chi connectivity index (χ1) is 17.0. The molecule has 0 aliphatic rings. The molecule has 0 atom stereocenters. The molecule has 1 aromatic carbocycles. The Morgan fingerprint density at radius 3 is 2.50 bits per heavy atom. The van der Waals surface area contributed by atoms with Gasteiger partial charge in [0.05, 0.1) is 41.3 Å². The Morgan fingerprint density at radius 2 is 1.86 bits per heavy atom. The van der Waals surface area contributed by atoms with Crippen LogP contribution >= 0.6 is 0 Å². The van der Waals surface area contributed by atoms with Crippen LogP contribution in [0.5, 0.6) is 0 Å². The van der Waals surface area contributed by atoms with Gasteiger partial charge in [-0.05, 0) is 95.6 Å². The summed E-state index contributed by atoms with van der Waals surface area (Å²) in [6.07, 6.45) is 0.248. The van der Waals surface area contributed by atoms with Crippen molar-refractivity contribution >= 4 is 16.6 Å². The lowest BCUT2D eigenvalue weighted by Gasteiger charge is -2.14. The zero-order chi connectivity index (χ0) is 26.3. The van der Waals surface area contributed by atoms with Gasteiger partial charge in [0.2, 0.25) is 0 Å². The van der Waals surface area contributed by atoms with Gasteiger partial charge in [-0.25, -0.2) is 0 Å². The van der Waals surface area contributed by atoms with E-state index in [1.54, 1.807) is 38.2 Å². The molecular formula is C28H32F3N5. The number of aryl methyl sites for hydroxylation is 1. The number of anilines is 1. The Hall–Kier alpha value is -3.49. The summed E-state index contributed by atoms with van der Waals surface area (Å²) in [5.41, 5.74) is 2.67. The van der Waals surface area contributed by atoms with E-state index in [0.717, 1.165) is 42.4 Å². The maximum absolute atomic E-state index is 13.3. The molecule has 0 spiro atoms. The summed E-state index contributed by atoms with van der Waals surface area (Å²) < 4.78 is 41.2. The van der Waals surface area contributed by atoms with Gasteiger partial charge >= 0.3 is 6.18 Å². The van der Waals surface area contributed by atoms with Crippen molar-refractivity contribution in [3.05, 3.63) is 59.5 Å². The summed E-state index contributed by atoms with van der Waals surface area (Å²) in [6, 6.07) is 13.2. The van der Waals surface area contributed by atoms with Gasteiger partial charge in [0, 0.05) is 10.9 Å². The second-order valence-corrected chi connectivity index (χ2v) is 9.71. The molecule has 2 aromatic heterocycles. The van der Waals surface area contributed by atoms with E-state index in [2.05, 4.69) is 33.1 Å². The predicted molar refractivity (Wildman–Crippen MR) is 138 cm³/mol. The van der Waals surface area contributed by atoms with Crippen molar-refractivity contribution in [2.75, 3.05) is 32.5 Å². The van der Waals surface area contributed by atoms with E-state index < -0.39 is 18.1 Å². The van der Waals surface area contributed by atoms with E-state index in [1.165, 1.54) is 4.57 Å². The number of pyridine rings is 1. The molecule has 0 aliphatic heterocycles. The highest BCUT2D eigenvalue weighted by Crippen LogP contribution is 2.27. The zero-order valence-electron chi connectivity index (χ0n) is 21.2. The number of rotatable bonds is 9. The van der Waals surface area contributed by atoms with Gasteiger partial charge in [0.15, 0.2) is 0 Å². The molecule has 0 bridgehead atoms. The SMILES string of the molecule is CN(C)CCCCc1ccc2c(c1)cc(C#CCNc1ccc(C(C)(C)C#N)nc1)n2CC(F)(F)F. The molecule has 3 aromatic rings. The summed E-state index contributed by atoms with van der Waals surface area (Å²) in [6.45, 7) is 3.75. The summed E-state index contributed by atoms with van der Waals surface area (Å²) in [5, 5.41) is 13.1. The molecule has 0 amide bonds. The fourth-order valence-corrected chi connectivity index (χ4v) is 3.89. The summed E-state index contributed by atoms with van der Waals surface area (Å²) in [4.78, 5) is 6.46. The third-order valence-corrected chi connectivity index (χ3v) is 5.90. The number of nitrogens with one attached hydrogen (secondary N) is 1. The molecule has 8 heteroatoms. The Kier molecular flexibility index (Phi) is 8.66. The van der Waals surface area contributed by atoms with E-state index in [0.29, 0.717) is 16.9 Å². The molecule has 0 aliphatic carbocycles. The van der Waals surface area contributed by atoms with Crippen molar-refractivity contribution in [1.29, 1.82) is 5.26 Å². The number of fused-ring (bicyclic) bond motifs is 1. The number of alkyl halides is 3. The normalized spacial score (nSPS) is 11.9. The molecule has 36 heavy (non-hydrogen) atoms. The Balaban J connectivity index is 1.74. The number of nitriles is 1. The largest absolute Gasteiger partial charge is 0.406 e. The van der Waals surface area contributed by atoms with Crippen LogP contribution in [0.15, 0.2) is 42.6 Å². The van der Waals surface area contributed by atoms with E-state index >= 15 is 0 Å². The van der Waals surface area contributed by atoms with Gasteiger partial charge in [-0.2, -0.15) is 18.4 Å². The lowest BCUT2D eigenvalue weighted by Crippen LogP contribution is -2.18. The lowest BCUT2D eigenvalue weighted by molar-refractivity contribution is -0.140. The van der Waals surface area contributed by atoms with Gasteiger partial charge < -0.3 is 14.8 Å². The molecule has 190 valence electrons. The quantitative estimate of drug-likeness (QED) is 0.304. The molecule has 0 saturated heterocycles. The number of benzene rings is 1. The molecule has 0 saturated carbocycles. The number of hydrogen-bond acceptors (Lipinski definition) is 4. The fourth-order valence-electron chi connectivity index (χ4n) is 3.89. The van der Waals surface area contributed by atoms with E-state index in [4.69, 9.17) is 0 Å². The summed E-state index contributed by atoms with van der Waals surface area (Å²) >= 11 is 0. The molecule has 0 unspecified atom stereocenters. The summed E-state index contributed by atoms with van der Waals surface area (Å²) in [5.74, 6) is 5.83. The smallest absolute Gasteiger partial charge is 0.373 e. The molecule has 0 radical (unpaired) electrons. The second kappa shape index (κ2) is 11.5. The van der Waals surface area contributed by atoms with Crippen molar-refractivity contribution in [1.82, 2.24) is 14.5 Å². The number of nitrogens with zero attached hydrogens (tertiary/aromatic N) is 4. The highest BCUT2D eigenvalue weighted by Gasteiger charge is 2.29. The topological polar surface area (TPSA) is 56.9 Å². The first-order valence-corrected chi connectivity index (χ1v) is 11.9. The maximum Gasteiger partial charge on any atom is 0.406 e. The van der Waals surface area contributed by atoms with E-state index in [-0.39, 0.29) is 6.54 Å². The van der Waals surface area contributed by atoms with Crippen LogP contribution < -0.4 is 5.32 Å². The lowest BCUT2D eigenvalue weighted by atomic mass is 9.91. The minimum absolute atomic E-state index is 0.243. The van der Waals surface area contributed by atoms with Crippen LogP contribution in [0.1, 0.15) is 43.6 Å². The van der Waals surface area contributed by atoms with E-state index in [9.17, 15) is 18.4 Å². The minimum Gasteiger partial charge on any atom is -0.373 e. The zero-order valence-corrected chi connectivity index (χ0v) is 21.2. The van der Waals surface area contributed by atoms with Crippen molar-refractivity contribution in [3.63, 3.8) is 0 Å². The first-order valence-electron chi connectivity index (χ1n) is 11.9. The molecule has 3 rings (SSSR count). The number of hydrogen-bond donors (Lipinski definition) is 1. The van der Waals surface area contributed by atoms with Gasteiger partial charge in [-0.15, -0.1) is 0 Å². The van der Waals surface area contributed by atoms with Crippen LogP contribution in [-0.4, -0.2) is 47.8 Å². The van der Waals surface area contributed by atoms with E-state index in [1.807, 2.05) is 32.3 Å². The molecule has 0 fully saturated rings. The van der Waals surface area contributed by atoms with Crippen molar-refractivity contribution in [2.45, 2.75) is 51.2 Å². The molecule has 5 nitrogen and oxygen atoms in total. The average molecular weight is 496 g/mol. The van der Waals surface area contributed by atoms with Crippen LogP contribution in [0.4, 0.5) is 18.9 Å².